The van der Waals surface area contributed by atoms with Crippen molar-refractivity contribution < 1.29 is 4.79 Å². The first-order chi connectivity index (χ1) is 12.6. The molecule has 2 N–H and O–H groups in total. The van der Waals surface area contributed by atoms with Crippen molar-refractivity contribution in [3.8, 4) is 0 Å². The smallest absolute Gasteiger partial charge is 0.220 e. The monoisotopic (exact) mass is 354 g/mol. The van der Waals surface area contributed by atoms with E-state index in [2.05, 4.69) is 44.6 Å². The Balaban J connectivity index is 1.43. The number of amides is 1. The van der Waals surface area contributed by atoms with E-state index in [0.29, 0.717) is 13.0 Å². The molecule has 4 heterocycles. The molecular formula is C19H26N6O. The quantitative estimate of drug-likeness (QED) is 0.630. The van der Waals surface area contributed by atoms with Crippen LogP contribution in [0.4, 0.5) is 0 Å². The highest BCUT2D eigenvalue weighted by molar-refractivity contribution is 5.81. The molecule has 4 rings (SSSR count). The van der Waals surface area contributed by atoms with E-state index in [1.54, 1.807) is 0 Å². The predicted molar refractivity (Wildman–Crippen MR) is 101 cm³/mol. The topological polar surface area (TPSA) is 74.0 Å². The van der Waals surface area contributed by atoms with Crippen molar-refractivity contribution in [1.82, 2.24) is 24.9 Å². The zero-order chi connectivity index (χ0) is 18.1. The largest absolute Gasteiger partial charge is 0.355 e. The van der Waals surface area contributed by atoms with Gasteiger partial charge in [-0.05, 0) is 37.5 Å². The molecule has 7 heteroatoms. The third kappa shape index (κ3) is 3.25. The van der Waals surface area contributed by atoms with Gasteiger partial charge in [0.05, 0.1) is 12.2 Å². The van der Waals surface area contributed by atoms with Gasteiger partial charge in [-0.3, -0.25) is 9.79 Å². The van der Waals surface area contributed by atoms with Crippen molar-refractivity contribution in [3.05, 3.63) is 35.8 Å². The molecule has 0 saturated carbocycles. The highest BCUT2D eigenvalue weighted by atomic mass is 16.1. The lowest BCUT2D eigenvalue weighted by Gasteiger charge is -2.40. The number of hydrogen-bond donors (Lipinski definition) is 2. The average molecular weight is 354 g/mol. The molecule has 2 aliphatic rings. The maximum atomic E-state index is 11.7. The van der Waals surface area contributed by atoms with Gasteiger partial charge in [-0.15, -0.1) is 0 Å². The van der Waals surface area contributed by atoms with Crippen molar-refractivity contribution in [2.75, 3.05) is 26.7 Å². The van der Waals surface area contributed by atoms with Crippen molar-refractivity contribution in [1.29, 1.82) is 0 Å². The summed E-state index contributed by atoms with van der Waals surface area (Å²) >= 11 is 0. The maximum absolute atomic E-state index is 11.7. The Morgan fingerprint density at radius 3 is 3.15 bits per heavy atom. The molecule has 2 aromatic heterocycles. The number of aryl methyl sites for hydroxylation is 1. The van der Waals surface area contributed by atoms with E-state index in [9.17, 15) is 4.79 Å². The Labute approximate surface area is 153 Å². The van der Waals surface area contributed by atoms with Gasteiger partial charge in [-0.1, -0.05) is 0 Å². The summed E-state index contributed by atoms with van der Waals surface area (Å²) in [4.78, 5) is 23.1. The van der Waals surface area contributed by atoms with E-state index in [0.717, 1.165) is 49.8 Å². The van der Waals surface area contributed by atoms with Crippen LogP contribution < -0.4 is 10.6 Å². The zero-order valence-electron chi connectivity index (χ0n) is 15.5. The number of carbonyl (C=O) groups excluding carboxylic acids is 1. The molecule has 2 aliphatic heterocycles. The molecule has 1 unspecified atom stereocenters. The van der Waals surface area contributed by atoms with E-state index in [1.807, 2.05) is 23.8 Å². The number of carbonyl (C=O) groups is 1. The molecule has 26 heavy (non-hydrogen) atoms. The summed E-state index contributed by atoms with van der Waals surface area (Å²) in [6, 6.07) is 4.16. The number of pyridine rings is 1. The first-order valence-electron chi connectivity index (χ1n) is 9.23. The van der Waals surface area contributed by atoms with E-state index in [4.69, 9.17) is 0 Å². The Morgan fingerprint density at radius 1 is 1.50 bits per heavy atom. The second kappa shape index (κ2) is 6.63. The molecule has 1 atom stereocenters. The minimum absolute atomic E-state index is 0.0631. The van der Waals surface area contributed by atoms with Crippen LogP contribution in [0.5, 0.6) is 0 Å². The standard InChI is InChI=1S/C19H26N6O/c1-14-4-7-24-11-15(23-16(24)8-14)10-21-18(20-2)25-6-3-5-19(13-25)9-17(26)22-12-19/h4,7-8,11H,3,5-6,9-10,12-13H2,1-2H3,(H,20,21)(H,22,26). The van der Waals surface area contributed by atoms with Gasteiger partial charge in [0.25, 0.3) is 0 Å². The molecule has 1 amide bonds. The van der Waals surface area contributed by atoms with Gasteiger partial charge in [0.2, 0.25) is 5.91 Å². The summed E-state index contributed by atoms with van der Waals surface area (Å²) in [7, 11) is 1.81. The number of aromatic nitrogens is 2. The SMILES string of the molecule is CN=C(NCc1cn2ccc(C)cc2n1)N1CCCC2(CNC(=O)C2)C1. The Morgan fingerprint density at radius 2 is 2.38 bits per heavy atom. The van der Waals surface area contributed by atoms with Crippen LogP contribution in [0.25, 0.3) is 5.65 Å². The fraction of sp³-hybridized carbons (Fsp3) is 0.526. The second-order valence-electron chi connectivity index (χ2n) is 7.58. The Bertz CT molecular complexity index is 857. The number of fused-ring (bicyclic) bond motifs is 1. The summed E-state index contributed by atoms with van der Waals surface area (Å²) in [5, 5.41) is 6.44. The number of nitrogens with one attached hydrogen (secondary N) is 2. The normalized spacial score (nSPS) is 23.7. The number of guanidine groups is 1. The molecule has 138 valence electrons. The summed E-state index contributed by atoms with van der Waals surface area (Å²) in [6.45, 7) is 5.33. The maximum Gasteiger partial charge on any atom is 0.220 e. The van der Waals surface area contributed by atoms with Gasteiger partial charge in [0.15, 0.2) is 5.96 Å². The third-order valence-corrected chi connectivity index (χ3v) is 5.46. The molecule has 0 aromatic carbocycles. The molecule has 0 bridgehead atoms. The lowest BCUT2D eigenvalue weighted by molar-refractivity contribution is -0.119. The van der Waals surface area contributed by atoms with E-state index >= 15 is 0 Å². The molecule has 2 aromatic rings. The summed E-state index contributed by atoms with van der Waals surface area (Å²) in [5.74, 6) is 1.06. The predicted octanol–water partition coefficient (Wildman–Crippen LogP) is 1.32. The van der Waals surface area contributed by atoms with E-state index < -0.39 is 0 Å². The second-order valence-corrected chi connectivity index (χ2v) is 7.58. The number of nitrogens with zero attached hydrogens (tertiary/aromatic N) is 4. The van der Waals surface area contributed by atoms with Crippen LogP contribution in [-0.4, -0.2) is 52.8 Å². The number of aliphatic imine (C=N–C) groups is 1. The summed E-state index contributed by atoms with van der Waals surface area (Å²) in [6.07, 6.45) is 6.90. The van der Waals surface area contributed by atoms with E-state index in [1.165, 1.54) is 5.56 Å². The van der Waals surface area contributed by atoms with Crippen molar-refractivity contribution in [2.45, 2.75) is 32.7 Å². The molecular weight excluding hydrogens is 328 g/mol. The van der Waals surface area contributed by atoms with Crippen LogP contribution in [0.1, 0.15) is 30.5 Å². The average Bonchev–Trinajstić information content (AvgIpc) is 3.18. The van der Waals surface area contributed by atoms with Gasteiger partial charge in [-0.2, -0.15) is 0 Å². The Hall–Kier alpha value is -2.57. The minimum Gasteiger partial charge on any atom is -0.355 e. The molecule has 2 fully saturated rings. The van der Waals surface area contributed by atoms with Gasteiger partial charge in [0.1, 0.15) is 5.65 Å². The first-order valence-corrected chi connectivity index (χ1v) is 9.23. The molecule has 1 spiro atoms. The Kier molecular flexibility index (Phi) is 4.30. The third-order valence-electron chi connectivity index (χ3n) is 5.46. The minimum atomic E-state index is 0.0631. The molecule has 0 aliphatic carbocycles. The van der Waals surface area contributed by atoms with Crippen molar-refractivity contribution >= 4 is 17.5 Å². The molecule has 0 radical (unpaired) electrons. The van der Waals surface area contributed by atoms with Crippen molar-refractivity contribution in [3.63, 3.8) is 0 Å². The highest BCUT2D eigenvalue weighted by Gasteiger charge is 2.42. The van der Waals surface area contributed by atoms with Crippen LogP contribution in [0.3, 0.4) is 0 Å². The van der Waals surface area contributed by atoms with Crippen LogP contribution >= 0.6 is 0 Å². The van der Waals surface area contributed by atoms with Gasteiger partial charge < -0.3 is 19.9 Å². The fourth-order valence-electron chi connectivity index (χ4n) is 4.15. The van der Waals surface area contributed by atoms with Gasteiger partial charge >= 0.3 is 0 Å². The summed E-state index contributed by atoms with van der Waals surface area (Å²) < 4.78 is 2.04. The number of hydrogen-bond acceptors (Lipinski definition) is 3. The van der Waals surface area contributed by atoms with Crippen LogP contribution in [0, 0.1) is 12.3 Å². The van der Waals surface area contributed by atoms with Crippen molar-refractivity contribution in [2.24, 2.45) is 10.4 Å². The number of imidazole rings is 1. The fourth-order valence-corrected chi connectivity index (χ4v) is 4.15. The zero-order valence-corrected chi connectivity index (χ0v) is 15.5. The van der Waals surface area contributed by atoms with Gasteiger partial charge in [0, 0.05) is 50.9 Å². The highest BCUT2D eigenvalue weighted by Crippen LogP contribution is 2.35. The van der Waals surface area contributed by atoms with Crippen LogP contribution in [-0.2, 0) is 11.3 Å². The molecule has 2 saturated heterocycles. The van der Waals surface area contributed by atoms with E-state index in [-0.39, 0.29) is 11.3 Å². The number of piperidine rings is 1. The number of likely N-dealkylation sites (tertiary alicyclic amines) is 1. The first kappa shape index (κ1) is 16.9. The van der Waals surface area contributed by atoms with Gasteiger partial charge in [-0.25, -0.2) is 4.98 Å². The lowest BCUT2D eigenvalue weighted by Crippen LogP contribution is -2.51. The molecule has 7 nitrogen and oxygen atoms in total. The van der Waals surface area contributed by atoms with Crippen LogP contribution in [0.2, 0.25) is 0 Å². The van der Waals surface area contributed by atoms with Crippen LogP contribution in [0.15, 0.2) is 29.5 Å². The summed E-state index contributed by atoms with van der Waals surface area (Å²) in [5.41, 5.74) is 3.22. The number of rotatable bonds is 2. The lowest BCUT2D eigenvalue weighted by atomic mass is 9.79.